The Morgan fingerprint density at radius 3 is 2.67 bits per heavy atom. The quantitative estimate of drug-likeness (QED) is 0.914. The Kier molecular flexibility index (Phi) is 4.62. The lowest BCUT2D eigenvalue weighted by Gasteiger charge is -2.09. The van der Waals surface area contributed by atoms with Crippen molar-refractivity contribution in [3.05, 3.63) is 49.9 Å². The Bertz CT molecular complexity index is 524. The first kappa shape index (κ1) is 13.8. The zero-order chi connectivity index (χ0) is 13.1. The summed E-state index contributed by atoms with van der Waals surface area (Å²) in [6, 6.07) is 5.67. The molecule has 2 aromatic rings. The highest BCUT2D eigenvalue weighted by Crippen LogP contribution is 2.35. The molecule has 2 rings (SSSR count). The van der Waals surface area contributed by atoms with Crippen molar-refractivity contribution in [2.75, 3.05) is 0 Å². The fourth-order valence-corrected chi connectivity index (χ4v) is 3.24. The minimum atomic E-state index is -0.666. The molecule has 0 aromatic carbocycles. The Hall–Kier alpha value is -0.610. The largest absolute Gasteiger partial charge is 0.388 e. The topological polar surface area (TPSA) is 33.1 Å². The van der Waals surface area contributed by atoms with Gasteiger partial charge in [-0.2, -0.15) is 0 Å². The molecule has 18 heavy (non-hydrogen) atoms. The number of thiophene rings is 1. The lowest BCUT2D eigenvalue weighted by molar-refractivity contribution is 0.178. The number of halogens is 2. The van der Waals surface area contributed by atoms with Crippen molar-refractivity contribution in [3.8, 4) is 0 Å². The predicted octanol–water partition coefficient (Wildman–Crippen LogP) is 4.29. The summed E-state index contributed by atoms with van der Waals surface area (Å²) in [6.07, 6.45) is 2.57. The Balaban J connectivity index is 2.10. The standard InChI is InChI=1S/C13H13Cl2NOS/c1-2-8-3-4-9(16-7-8)5-11(17)10-6-12(14)18-13(10)15/h3-4,6-7,11,17H,2,5H2,1H3. The van der Waals surface area contributed by atoms with Crippen molar-refractivity contribution >= 4 is 34.5 Å². The predicted molar refractivity (Wildman–Crippen MR) is 76.6 cm³/mol. The Morgan fingerprint density at radius 1 is 1.39 bits per heavy atom. The molecule has 0 fully saturated rings. The molecule has 0 radical (unpaired) electrons. The van der Waals surface area contributed by atoms with Gasteiger partial charge in [-0.1, -0.05) is 36.2 Å². The van der Waals surface area contributed by atoms with E-state index in [1.807, 2.05) is 18.3 Å². The van der Waals surface area contributed by atoms with Crippen molar-refractivity contribution in [1.82, 2.24) is 4.98 Å². The van der Waals surface area contributed by atoms with Crippen LogP contribution in [0, 0.1) is 0 Å². The van der Waals surface area contributed by atoms with Crippen molar-refractivity contribution < 1.29 is 5.11 Å². The molecule has 5 heteroatoms. The van der Waals surface area contributed by atoms with E-state index < -0.39 is 6.10 Å². The van der Waals surface area contributed by atoms with Crippen molar-refractivity contribution in [3.63, 3.8) is 0 Å². The molecular weight excluding hydrogens is 289 g/mol. The van der Waals surface area contributed by atoms with Gasteiger partial charge >= 0.3 is 0 Å². The van der Waals surface area contributed by atoms with Crippen LogP contribution in [-0.4, -0.2) is 10.1 Å². The van der Waals surface area contributed by atoms with E-state index in [4.69, 9.17) is 23.2 Å². The fourth-order valence-electron chi connectivity index (χ4n) is 1.67. The molecule has 0 spiro atoms. The molecule has 1 unspecified atom stereocenters. The summed E-state index contributed by atoms with van der Waals surface area (Å²) in [5, 5.41) is 10.1. The van der Waals surface area contributed by atoms with E-state index in [9.17, 15) is 5.11 Å². The van der Waals surface area contributed by atoms with Gasteiger partial charge in [0.25, 0.3) is 0 Å². The molecule has 0 aliphatic heterocycles. The van der Waals surface area contributed by atoms with Crippen LogP contribution in [0.25, 0.3) is 0 Å². The van der Waals surface area contributed by atoms with Crippen LogP contribution >= 0.6 is 34.5 Å². The lowest BCUT2D eigenvalue weighted by Crippen LogP contribution is -2.03. The molecule has 0 bridgehead atoms. The first-order valence-corrected chi connectivity index (χ1v) is 7.24. The van der Waals surface area contributed by atoms with Crippen molar-refractivity contribution in [2.45, 2.75) is 25.9 Å². The monoisotopic (exact) mass is 301 g/mol. The number of aliphatic hydroxyl groups is 1. The highest BCUT2D eigenvalue weighted by Gasteiger charge is 2.16. The fraction of sp³-hybridized carbons (Fsp3) is 0.308. The molecule has 96 valence electrons. The van der Waals surface area contributed by atoms with E-state index in [1.165, 1.54) is 16.9 Å². The molecule has 2 nitrogen and oxygen atoms in total. The van der Waals surface area contributed by atoms with E-state index in [1.54, 1.807) is 6.07 Å². The van der Waals surface area contributed by atoms with E-state index in [0.29, 0.717) is 20.7 Å². The first-order valence-electron chi connectivity index (χ1n) is 5.66. The summed E-state index contributed by atoms with van der Waals surface area (Å²) in [6.45, 7) is 2.08. The summed E-state index contributed by atoms with van der Waals surface area (Å²) in [5.41, 5.74) is 2.70. The maximum atomic E-state index is 10.1. The molecule has 0 saturated heterocycles. The lowest BCUT2D eigenvalue weighted by atomic mass is 10.1. The molecule has 1 atom stereocenters. The molecule has 0 aliphatic rings. The molecule has 1 N–H and O–H groups in total. The zero-order valence-electron chi connectivity index (χ0n) is 9.86. The van der Waals surface area contributed by atoms with Gasteiger partial charge in [-0.05, 0) is 24.1 Å². The smallest absolute Gasteiger partial charge is 0.100 e. The molecule has 2 aromatic heterocycles. The number of pyridine rings is 1. The van der Waals surface area contributed by atoms with Crippen LogP contribution in [0.5, 0.6) is 0 Å². The van der Waals surface area contributed by atoms with Gasteiger partial charge < -0.3 is 5.11 Å². The zero-order valence-corrected chi connectivity index (χ0v) is 12.2. The van der Waals surface area contributed by atoms with E-state index in [-0.39, 0.29) is 0 Å². The molecule has 0 aliphatic carbocycles. The third-order valence-electron chi connectivity index (χ3n) is 2.74. The van der Waals surface area contributed by atoms with Gasteiger partial charge in [0.1, 0.15) is 4.34 Å². The molecule has 0 saturated carbocycles. The Morgan fingerprint density at radius 2 is 2.17 bits per heavy atom. The number of hydrogen-bond acceptors (Lipinski definition) is 3. The van der Waals surface area contributed by atoms with Gasteiger partial charge in [0.15, 0.2) is 0 Å². The highest BCUT2D eigenvalue weighted by molar-refractivity contribution is 7.20. The minimum absolute atomic E-state index is 0.441. The number of nitrogens with zero attached hydrogens (tertiary/aromatic N) is 1. The maximum absolute atomic E-state index is 10.1. The number of hydrogen-bond donors (Lipinski definition) is 1. The Labute approximate surface area is 120 Å². The van der Waals surface area contributed by atoms with Crippen LogP contribution in [0.3, 0.4) is 0 Å². The average molecular weight is 302 g/mol. The first-order chi connectivity index (χ1) is 8.60. The van der Waals surface area contributed by atoms with Gasteiger partial charge in [0.2, 0.25) is 0 Å². The SMILES string of the molecule is CCc1ccc(CC(O)c2cc(Cl)sc2Cl)nc1. The van der Waals surface area contributed by atoms with Gasteiger partial charge in [-0.15, -0.1) is 11.3 Å². The van der Waals surface area contributed by atoms with Gasteiger partial charge in [0.05, 0.1) is 10.4 Å². The van der Waals surface area contributed by atoms with E-state index >= 15 is 0 Å². The molecule has 0 amide bonds. The minimum Gasteiger partial charge on any atom is -0.388 e. The van der Waals surface area contributed by atoms with Crippen LogP contribution in [0.2, 0.25) is 8.67 Å². The van der Waals surface area contributed by atoms with Crippen LogP contribution in [0.15, 0.2) is 24.4 Å². The third kappa shape index (κ3) is 3.23. The van der Waals surface area contributed by atoms with Crippen molar-refractivity contribution in [2.24, 2.45) is 0 Å². The number of aryl methyl sites for hydroxylation is 1. The summed E-state index contributed by atoms with van der Waals surface area (Å²) in [4.78, 5) is 4.32. The highest BCUT2D eigenvalue weighted by atomic mass is 35.5. The summed E-state index contributed by atoms with van der Waals surface area (Å²) in [5.74, 6) is 0. The van der Waals surface area contributed by atoms with Gasteiger partial charge in [-0.25, -0.2) is 0 Å². The molecule has 2 heterocycles. The van der Waals surface area contributed by atoms with E-state index in [2.05, 4.69) is 11.9 Å². The number of rotatable bonds is 4. The van der Waals surface area contributed by atoms with Crippen LogP contribution in [0.1, 0.15) is 29.8 Å². The van der Waals surface area contributed by atoms with Crippen LogP contribution in [0.4, 0.5) is 0 Å². The summed E-state index contributed by atoms with van der Waals surface area (Å²) < 4.78 is 1.13. The normalized spacial score (nSPS) is 12.7. The third-order valence-corrected chi connectivity index (χ3v) is 4.26. The molecular formula is C13H13Cl2NOS. The summed E-state index contributed by atoms with van der Waals surface area (Å²) >= 11 is 13.1. The van der Waals surface area contributed by atoms with Crippen LogP contribution in [-0.2, 0) is 12.8 Å². The van der Waals surface area contributed by atoms with Gasteiger partial charge in [-0.3, -0.25) is 4.98 Å². The van der Waals surface area contributed by atoms with E-state index in [0.717, 1.165) is 12.1 Å². The number of aliphatic hydroxyl groups excluding tert-OH is 1. The second-order valence-electron chi connectivity index (χ2n) is 4.01. The second kappa shape index (κ2) is 6.02. The van der Waals surface area contributed by atoms with Crippen molar-refractivity contribution in [1.29, 1.82) is 0 Å². The van der Waals surface area contributed by atoms with Gasteiger partial charge in [0, 0.05) is 23.9 Å². The second-order valence-corrected chi connectivity index (χ2v) is 6.30. The van der Waals surface area contributed by atoms with Crippen LogP contribution < -0.4 is 0 Å². The summed E-state index contributed by atoms with van der Waals surface area (Å²) in [7, 11) is 0. The maximum Gasteiger partial charge on any atom is 0.100 e. The average Bonchev–Trinajstić information content (AvgIpc) is 2.69. The number of aromatic nitrogens is 1.